The number of benzene rings is 1. The lowest BCUT2D eigenvalue weighted by Gasteiger charge is -2.27. The number of hydrogen-bond acceptors (Lipinski definition) is 3. The minimum Gasteiger partial charge on any atom is -0.389 e. The maximum Gasteiger partial charge on any atom is 0.0762 e. The third-order valence-electron chi connectivity index (χ3n) is 3.36. The second-order valence-corrected chi connectivity index (χ2v) is 4.76. The zero-order valence-corrected chi connectivity index (χ0v) is 10.5. The summed E-state index contributed by atoms with van der Waals surface area (Å²) in [7, 11) is 0. The first kappa shape index (κ1) is 12.6. The van der Waals surface area contributed by atoms with E-state index in [0.717, 1.165) is 44.7 Å². The third-order valence-corrected chi connectivity index (χ3v) is 3.36. The van der Waals surface area contributed by atoms with Crippen molar-refractivity contribution >= 4 is 0 Å². The monoisotopic (exact) mass is 234 g/mol. The summed E-state index contributed by atoms with van der Waals surface area (Å²) in [6.07, 6.45) is 0.703. The normalized spacial score (nSPS) is 19.2. The van der Waals surface area contributed by atoms with Gasteiger partial charge in [0.1, 0.15) is 0 Å². The molecule has 1 fully saturated rings. The van der Waals surface area contributed by atoms with Gasteiger partial charge in [-0.25, -0.2) is 0 Å². The molecule has 17 heavy (non-hydrogen) atoms. The summed E-state index contributed by atoms with van der Waals surface area (Å²) in [6.45, 7) is 7.44. The van der Waals surface area contributed by atoms with E-state index in [4.69, 9.17) is 0 Å². The Morgan fingerprint density at radius 3 is 2.82 bits per heavy atom. The molecule has 2 rings (SSSR count). The quantitative estimate of drug-likeness (QED) is 0.821. The molecule has 0 aliphatic carbocycles. The molecule has 1 saturated heterocycles. The van der Waals surface area contributed by atoms with Crippen molar-refractivity contribution in [2.24, 2.45) is 0 Å². The molecule has 1 unspecified atom stereocenters. The molecule has 3 nitrogen and oxygen atoms in total. The SMILES string of the molecule is CC(O)c1cccc(CCN2CCNCC2)c1. The van der Waals surface area contributed by atoms with Gasteiger partial charge in [-0.2, -0.15) is 0 Å². The number of aliphatic hydroxyl groups is 1. The van der Waals surface area contributed by atoms with Crippen LogP contribution in [-0.4, -0.2) is 42.7 Å². The van der Waals surface area contributed by atoms with Gasteiger partial charge in [-0.3, -0.25) is 0 Å². The molecule has 1 heterocycles. The first-order chi connectivity index (χ1) is 8.25. The Morgan fingerprint density at radius 2 is 2.12 bits per heavy atom. The van der Waals surface area contributed by atoms with Gasteiger partial charge in [0.25, 0.3) is 0 Å². The van der Waals surface area contributed by atoms with Crippen LogP contribution in [0.5, 0.6) is 0 Å². The average Bonchev–Trinajstić information content (AvgIpc) is 2.38. The van der Waals surface area contributed by atoms with Crippen molar-refractivity contribution in [2.75, 3.05) is 32.7 Å². The van der Waals surface area contributed by atoms with Crippen LogP contribution >= 0.6 is 0 Å². The van der Waals surface area contributed by atoms with E-state index in [-0.39, 0.29) is 6.10 Å². The van der Waals surface area contributed by atoms with E-state index in [0.29, 0.717) is 0 Å². The van der Waals surface area contributed by atoms with Gasteiger partial charge in [-0.15, -0.1) is 0 Å². The molecule has 0 spiro atoms. The highest BCUT2D eigenvalue weighted by molar-refractivity contribution is 5.25. The van der Waals surface area contributed by atoms with Gasteiger partial charge in [0.2, 0.25) is 0 Å². The Kier molecular flexibility index (Phi) is 4.54. The summed E-state index contributed by atoms with van der Waals surface area (Å²) >= 11 is 0. The Balaban J connectivity index is 1.87. The molecule has 0 radical (unpaired) electrons. The maximum atomic E-state index is 9.55. The molecule has 94 valence electrons. The summed E-state index contributed by atoms with van der Waals surface area (Å²) in [5, 5.41) is 12.9. The fourth-order valence-corrected chi connectivity index (χ4v) is 2.23. The lowest BCUT2D eigenvalue weighted by atomic mass is 10.0. The summed E-state index contributed by atoms with van der Waals surface area (Å²) < 4.78 is 0. The van der Waals surface area contributed by atoms with Crippen LogP contribution in [-0.2, 0) is 6.42 Å². The van der Waals surface area contributed by atoms with Gasteiger partial charge >= 0.3 is 0 Å². The van der Waals surface area contributed by atoms with Crippen LogP contribution < -0.4 is 5.32 Å². The fourth-order valence-electron chi connectivity index (χ4n) is 2.23. The first-order valence-corrected chi connectivity index (χ1v) is 6.45. The molecule has 3 heteroatoms. The van der Waals surface area contributed by atoms with E-state index in [9.17, 15) is 5.11 Å². The van der Waals surface area contributed by atoms with Crippen molar-refractivity contribution in [1.82, 2.24) is 10.2 Å². The Bertz CT molecular complexity index is 346. The summed E-state index contributed by atoms with van der Waals surface area (Å²) in [5.41, 5.74) is 2.34. The highest BCUT2D eigenvalue weighted by atomic mass is 16.3. The second-order valence-electron chi connectivity index (χ2n) is 4.76. The molecular weight excluding hydrogens is 212 g/mol. The number of nitrogens with zero attached hydrogens (tertiary/aromatic N) is 1. The van der Waals surface area contributed by atoms with Crippen molar-refractivity contribution in [3.8, 4) is 0 Å². The van der Waals surface area contributed by atoms with Crippen molar-refractivity contribution in [1.29, 1.82) is 0 Å². The number of hydrogen-bond donors (Lipinski definition) is 2. The molecule has 1 aromatic carbocycles. The van der Waals surface area contributed by atoms with E-state index in [2.05, 4.69) is 22.3 Å². The molecule has 1 aromatic rings. The lowest BCUT2D eigenvalue weighted by Crippen LogP contribution is -2.44. The molecule has 0 aromatic heterocycles. The van der Waals surface area contributed by atoms with E-state index in [1.807, 2.05) is 19.1 Å². The summed E-state index contributed by atoms with van der Waals surface area (Å²) in [6, 6.07) is 8.29. The van der Waals surface area contributed by atoms with Crippen LogP contribution in [0.1, 0.15) is 24.2 Å². The van der Waals surface area contributed by atoms with Gasteiger partial charge in [0.15, 0.2) is 0 Å². The van der Waals surface area contributed by atoms with Crippen molar-refractivity contribution in [3.05, 3.63) is 35.4 Å². The molecule has 0 saturated carbocycles. The highest BCUT2D eigenvalue weighted by Crippen LogP contribution is 2.14. The van der Waals surface area contributed by atoms with Crippen LogP contribution in [0.4, 0.5) is 0 Å². The van der Waals surface area contributed by atoms with Crippen LogP contribution in [0.15, 0.2) is 24.3 Å². The van der Waals surface area contributed by atoms with Crippen LogP contribution in [0, 0.1) is 0 Å². The Hall–Kier alpha value is -0.900. The maximum absolute atomic E-state index is 9.55. The predicted molar refractivity (Wildman–Crippen MR) is 70.1 cm³/mol. The smallest absolute Gasteiger partial charge is 0.0762 e. The summed E-state index contributed by atoms with van der Waals surface area (Å²) in [5.74, 6) is 0. The molecule has 2 N–H and O–H groups in total. The average molecular weight is 234 g/mol. The van der Waals surface area contributed by atoms with Gasteiger partial charge in [-0.05, 0) is 24.5 Å². The van der Waals surface area contributed by atoms with Crippen LogP contribution in [0.2, 0.25) is 0 Å². The topological polar surface area (TPSA) is 35.5 Å². The van der Waals surface area contributed by atoms with Gasteiger partial charge in [0, 0.05) is 32.7 Å². The van der Waals surface area contributed by atoms with Crippen molar-refractivity contribution in [3.63, 3.8) is 0 Å². The minimum absolute atomic E-state index is 0.367. The number of rotatable bonds is 4. The van der Waals surface area contributed by atoms with E-state index >= 15 is 0 Å². The van der Waals surface area contributed by atoms with Crippen LogP contribution in [0.3, 0.4) is 0 Å². The standard InChI is InChI=1S/C14H22N2O/c1-12(17)14-4-2-3-13(11-14)5-8-16-9-6-15-7-10-16/h2-4,11-12,15,17H,5-10H2,1H3. The zero-order valence-electron chi connectivity index (χ0n) is 10.5. The molecule has 0 bridgehead atoms. The first-order valence-electron chi connectivity index (χ1n) is 6.45. The van der Waals surface area contributed by atoms with E-state index in [1.54, 1.807) is 0 Å². The Labute approximate surface area is 103 Å². The van der Waals surface area contributed by atoms with Gasteiger partial charge < -0.3 is 15.3 Å². The van der Waals surface area contributed by atoms with E-state index < -0.39 is 0 Å². The van der Waals surface area contributed by atoms with Crippen molar-refractivity contribution in [2.45, 2.75) is 19.4 Å². The van der Waals surface area contributed by atoms with Crippen molar-refractivity contribution < 1.29 is 5.11 Å². The Morgan fingerprint density at radius 1 is 1.35 bits per heavy atom. The number of nitrogens with one attached hydrogen (secondary N) is 1. The predicted octanol–water partition coefficient (Wildman–Crippen LogP) is 1.19. The molecular formula is C14H22N2O. The molecule has 0 amide bonds. The fraction of sp³-hybridized carbons (Fsp3) is 0.571. The molecule has 1 atom stereocenters. The lowest BCUT2D eigenvalue weighted by molar-refractivity contribution is 0.199. The van der Waals surface area contributed by atoms with Gasteiger partial charge in [-0.1, -0.05) is 24.3 Å². The van der Waals surface area contributed by atoms with E-state index in [1.165, 1.54) is 5.56 Å². The molecule has 1 aliphatic heterocycles. The van der Waals surface area contributed by atoms with Gasteiger partial charge in [0.05, 0.1) is 6.10 Å². The number of aliphatic hydroxyl groups excluding tert-OH is 1. The third kappa shape index (κ3) is 3.80. The zero-order chi connectivity index (χ0) is 12.1. The van der Waals surface area contributed by atoms with Crippen LogP contribution in [0.25, 0.3) is 0 Å². The number of piperazine rings is 1. The summed E-state index contributed by atoms with van der Waals surface area (Å²) in [4.78, 5) is 2.49. The second kappa shape index (κ2) is 6.15. The highest BCUT2D eigenvalue weighted by Gasteiger charge is 2.09. The largest absolute Gasteiger partial charge is 0.389 e. The molecule has 1 aliphatic rings. The minimum atomic E-state index is -0.367.